The standard InChI is InChI=1S/C11H20N2O/c1-2-5-11(14)13-10-7-4-3-6-9(10)8-12/h2,5,9-10H,3-4,6-8,12H2,1H3,(H,13,14)/b5-2+. The summed E-state index contributed by atoms with van der Waals surface area (Å²) in [5.74, 6) is 0.482. The highest BCUT2D eigenvalue weighted by Gasteiger charge is 2.24. The molecule has 2 atom stereocenters. The summed E-state index contributed by atoms with van der Waals surface area (Å²) < 4.78 is 0. The molecule has 3 nitrogen and oxygen atoms in total. The highest BCUT2D eigenvalue weighted by Crippen LogP contribution is 2.23. The number of hydrogen-bond donors (Lipinski definition) is 2. The van der Waals surface area contributed by atoms with Gasteiger partial charge < -0.3 is 11.1 Å². The van der Waals surface area contributed by atoms with Crippen molar-refractivity contribution < 1.29 is 4.79 Å². The Labute approximate surface area is 85.7 Å². The van der Waals surface area contributed by atoms with E-state index >= 15 is 0 Å². The smallest absolute Gasteiger partial charge is 0.243 e. The Morgan fingerprint density at radius 3 is 2.86 bits per heavy atom. The van der Waals surface area contributed by atoms with Gasteiger partial charge in [-0.15, -0.1) is 0 Å². The monoisotopic (exact) mass is 196 g/mol. The zero-order valence-electron chi connectivity index (χ0n) is 8.83. The van der Waals surface area contributed by atoms with E-state index in [4.69, 9.17) is 5.73 Å². The molecule has 0 bridgehead atoms. The fourth-order valence-corrected chi connectivity index (χ4v) is 2.06. The molecule has 1 saturated carbocycles. The minimum absolute atomic E-state index is 0.0119. The Kier molecular flexibility index (Phi) is 4.66. The van der Waals surface area contributed by atoms with Gasteiger partial charge in [0.15, 0.2) is 0 Å². The molecule has 1 aliphatic carbocycles. The first-order valence-corrected chi connectivity index (χ1v) is 5.41. The molecule has 0 saturated heterocycles. The van der Waals surface area contributed by atoms with E-state index in [1.807, 2.05) is 6.92 Å². The number of rotatable bonds is 3. The second-order valence-electron chi connectivity index (χ2n) is 3.90. The zero-order chi connectivity index (χ0) is 10.4. The molecule has 0 radical (unpaired) electrons. The van der Waals surface area contributed by atoms with E-state index in [1.165, 1.54) is 12.8 Å². The summed E-state index contributed by atoms with van der Waals surface area (Å²) >= 11 is 0. The molecule has 0 spiro atoms. The molecule has 0 aliphatic heterocycles. The third-order valence-corrected chi connectivity index (χ3v) is 2.86. The van der Waals surface area contributed by atoms with E-state index in [9.17, 15) is 4.79 Å². The van der Waals surface area contributed by atoms with E-state index in [0.29, 0.717) is 12.5 Å². The fraction of sp³-hybridized carbons (Fsp3) is 0.727. The van der Waals surface area contributed by atoms with Crippen LogP contribution in [0.1, 0.15) is 32.6 Å². The first-order valence-electron chi connectivity index (χ1n) is 5.41. The van der Waals surface area contributed by atoms with Crippen LogP contribution < -0.4 is 11.1 Å². The van der Waals surface area contributed by atoms with Gasteiger partial charge in [0.25, 0.3) is 0 Å². The van der Waals surface area contributed by atoms with Crippen LogP contribution in [0.15, 0.2) is 12.2 Å². The average Bonchev–Trinajstić information content (AvgIpc) is 2.19. The summed E-state index contributed by atoms with van der Waals surface area (Å²) in [7, 11) is 0. The van der Waals surface area contributed by atoms with Crippen molar-refractivity contribution >= 4 is 5.91 Å². The van der Waals surface area contributed by atoms with Crippen molar-refractivity contribution in [2.24, 2.45) is 11.7 Å². The van der Waals surface area contributed by atoms with E-state index in [2.05, 4.69) is 5.32 Å². The molecule has 1 rings (SSSR count). The van der Waals surface area contributed by atoms with Gasteiger partial charge in [-0.25, -0.2) is 0 Å². The summed E-state index contributed by atoms with van der Waals surface area (Å²) in [5, 5.41) is 3.02. The van der Waals surface area contributed by atoms with Gasteiger partial charge in [-0.05, 0) is 38.3 Å². The highest BCUT2D eigenvalue weighted by molar-refractivity contribution is 5.87. The van der Waals surface area contributed by atoms with Gasteiger partial charge in [0.1, 0.15) is 0 Å². The fourth-order valence-electron chi connectivity index (χ4n) is 2.06. The minimum atomic E-state index is 0.0119. The maximum Gasteiger partial charge on any atom is 0.243 e. The molecule has 0 aromatic carbocycles. The molecule has 3 N–H and O–H groups in total. The second kappa shape index (κ2) is 5.81. The van der Waals surface area contributed by atoms with Gasteiger partial charge in [0, 0.05) is 6.04 Å². The Morgan fingerprint density at radius 2 is 2.21 bits per heavy atom. The Bertz CT molecular complexity index is 213. The van der Waals surface area contributed by atoms with Crippen molar-refractivity contribution in [1.29, 1.82) is 0 Å². The molecule has 0 aromatic heterocycles. The van der Waals surface area contributed by atoms with Crippen LogP contribution >= 0.6 is 0 Å². The van der Waals surface area contributed by atoms with E-state index in [1.54, 1.807) is 12.2 Å². The highest BCUT2D eigenvalue weighted by atomic mass is 16.1. The van der Waals surface area contributed by atoms with Crippen molar-refractivity contribution in [2.75, 3.05) is 6.54 Å². The second-order valence-corrected chi connectivity index (χ2v) is 3.90. The van der Waals surface area contributed by atoms with Crippen LogP contribution in [0.2, 0.25) is 0 Å². The number of allylic oxidation sites excluding steroid dienone is 1. The third-order valence-electron chi connectivity index (χ3n) is 2.86. The number of amides is 1. The number of nitrogens with one attached hydrogen (secondary N) is 1. The molecule has 1 amide bonds. The van der Waals surface area contributed by atoms with Crippen molar-refractivity contribution in [3.8, 4) is 0 Å². The number of carbonyl (C=O) groups excluding carboxylic acids is 1. The lowest BCUT2D eigenvalue weighted by molar-refractivity contribution is -0.117. The van der Waals surface area contributed by atoms with E-state index in [-0.39, 0.29) is 11.9 Å². The Hall–Kier alpha value is -0.830. The first kappa shape index (κ1) is 11.2. The lowest BCUT2D eigenvalue weighted by Gasteiger charge is -2.30. The summed E-state index contributed by atoms with van der Waals surface area (Å²) in [6.07, 6.45) is 8.01. The lowest BCUT2D eigenvalue weighted by Crippen LogP contribution is -2.44. The molecule has 0 heterocycles. The van der Waals surface area contributed by atoms with Crippen LogP contribution in [0.5, 0.6) is 0 Å². The van der Waals surface area contributed by atoms with Gasteiger partial charge in [-0.1, -0.05) is 18.9 Å². The van der Waals surface area contributed by atoms with Gasteiger partial charge in [-0.2, -0.15) is 0 Å². The summed E-state index contributed by atoms with van der Waals surface area (Å²) in [4.78, 5) is 11.3. The van der Waals surface area contributed by atoms with Crippen LogP contribution in [0.3, 0.4) is 0 Å². The Balaban J connectivity index is 2.44. The molecule has 14 heavy (non-hydrogen) atoms. The number of nitrogens with two attached hydrogens (primary N) is 1. The first-order chi connectivity index (χ1) is 6.77. The van der Waals surface area contributed by atoms with Gasteiger partial charge in [0.2, 0.25) is 5.91 Å². The molecular formula is C11H20N2O. The summed E-state index contributed by atoms with van der Waals surface area (Å²) in [6.45, 7) is 2.53. The lowest BCUT2D eigenvalue weighted by atomic mass is 9.84. The molecule has 80 valence electrons. The van der Waals surface area contributed by atoms with Crippen LogP contribution in [-0.4, -0.2) is 18.5 Å². The number of carbonyl (C=O) groups is 1. The van der Waals surface area contributed by atoms with E-state index in [0.717, 1.165) is 12.8 Å². The quantitative estimate of drug-likeness (QED) is 0.666. The zero-order valence-corrected chi connectivity index (χ0v) is 8.83. The SMILES string of the molecule is C/C=C/C(=O)NC1CCCCC1CN. The van der Waals surface area contributed by atoms with Gasteiger partial charge >= 0.3 is 0 Å². The third kappa shape index (κ3) is 3.14. The van der Waals surface area contributed by atoms with E-state index < -0.39 is 0 Å². The van der Waals surface area contributed by atoms with Crippen LogP contribution in [0.4, 0.5) is 0 Å². The van der Waals surface area contributed by atoms with Crippen LogP contribution in [0.25, 0.3) is 0 Å². The largest absolute Gasteiger partial charge is 0.350 e. The number of hydrogen-bond acceptors (Lipinski definition) is 2. The summed E-state index contributed by atoms with van der Waals surface area (Å²) in [5.41, 5.74) is 5.67. The predicted octanol–water partition coefficient (Wildman–Crippen LogP) is 1.20. The predicted molar refractivity (Wildman–Crippen MR) is 57.8 cm³/mol. The minimum Gasteiger partial charge on any atom is -0.350 e. The Morgan fingerprint density at radius 1 is 1.50 bits per heavy atom. The topological polar surface area (TPSA) is 55.1 Å². The van der Waals surface area contributed by atoms with Crippen molar-refractivity contribution in [2.45, 2.75) is 38.6 Å². The van der Waals surface area contributed by atoms with Gasteiger partial charge in [0.05, 0.1) is 0 Å². The van der Waals surface area contributed by atoms with Crippen molar-refractivity contribution in [3.05, 3.63) is 12.2 Å². The van der Waals surface area contributed by atoms with Crippen molar-refractivity contribution in [3.63, 3.8) is 0 Å². The maximum atomic E-state index is 11.3. The maximum absolute atomic E-state index is 11.3. The molecular weight excluding hydrogens is 176 g/mol. The summed E-state index contributed by atoms with van der Waals surface area (Å²) in [6, 6.07) is 0.289. The van der Waals surface area contributed by atoms with Crippen molar-refractivity contribution in [1.82, 2.24) is 5.32 Å². The molecule has 3 heteroatoms. The molecule has 0 aromatic rings. The molecule has 1 fully saturated rings. The normalized spacial score (nSPS) is 27.9. The van der Waals surface area contributed by atoms with Crippen LogP contribution in [-0.2, 0) is 4.79 Å². The molecule has 2 unspecified atom stereocenters. The van der Waals surface area contributed by atoms with Gasteiger partial charge in [-0.3, -0.25) is 4.79 Å². The molecule has 1 aliphatic rings. The van der Waals surface area contributed by atoms with Crippen LogP contribution in [0, 0.1) is 5.92 Å². The average molecular weight is 196 g/mol.